The summed E-state index contributed by atoms with van der Waals surface area (Å²) >= 11 is 0. The fourth-order valence-corrected chi connectivity index (χ4v) is 4.25. The molecule has 1 aliphatic heterocycles. The molecule has 2 aliphatic rings. The maximum absolute atomic E-state index is 5.33. The number of benzene rings is 1. The smallest absolute Gasteiger partial charge is 0.119 e. The van der Waals surface area contributed by atoms with Gasteiger partial charge in [-0.2, -0.15) is 0 Å². The van der Waals surface area contributed by atoms with Gasteiger partial charge in [-0.15, -0.1) is 0 Å². The number of rotatable bonds is 7. The Morgan fingerprint density at radius 3 is 2.29 bits per heavy atom. The highest BCUT2D eigenvalue weighted by Gasteiger charge is 2.19. The number of nitrogens with zero attached hydrogens (tertiary/aromatic N) is 2. The van der Waals surface area contributed by atoms with Crippen LogP contribution in [0.25, 0.3) is 0 Å². The number of hydrogen-bond donors (Lipinski definition) is 0. The minimum absolute atomic E-state index is 0.877. The predicted molar refractivity (Wildman–Crippen MR) is 102 cm³/mol. The van der Waals surface area contributed by atoms with Crippen molar-refractivity contribution in [2.45, 2.75) is 51.4 Å². The van der Waals surface area contributed by atoms with Crippen LogP contribution in [0.1, 0.15) is 51.4 Å². The van der Waals surface area contributed by atoms with E-state index in [1.165, 1.54) is 83.2 Å². The quantitative estimate of drug-likeness (QED) is 0.728. The lowest BCUT2D eigenvalue weighted by atomic mass is 9.89. The third-order valence-electron chi connectivity index (χ3n) is 5.78. The molecule has 24 heavy (non-hydrogen) atoms. The van der Waals surface area contributed by atoms with Crippen LogP contribution in [0.15, 0.2) is 24.3 Å². The largest absolute Gasteiger partial charge is 0.497 e. The summed E-state index contributed by atoms with van der Waals surface area (Å²) in [6, 6.07) is 8.67. The van der Waals surface area contributed by atoms with Crippen molar-refractivity contribution >= 4 is 5.69 Å². The molecular formula is C21H34N2O. The first-order valence-electron chi connectivity index (χ1n) is 9.96. The average molecular weight is 331 g/mol. The predicted octanol–water partition coefficient (Wildman–Crippen LogP) is 4.57. The molecule has 0 bridgehead atoms. The van der Waals surface area contributed by atoms with Crippen LogP contribution < -0.4 is 9.64 Å². The molecule has 0 radical (unpaired) electrons. The van der Waals surface area contributed by atoms with E-state index in [0.717, 1.165) is 18.2 Å². The van der Waals surface area contributed by atoms with Gasteiger partial charge in [-0.25, -0.2) is 0 Å². The van der Waals surface area contributed by atoms with Crippen molar-refractivity contribution in [2.75, 3.05) is 44.7 Å². The third kappa shape index (κ3) is 5.14. The second kappa shape index (κ2) is 9.31. The number of ether oxygens (including phenoxy) is 1. The van der Waals surface area contributed by atoms with E-state index in [4.69, 9.17) is 4.74 Å². The first kappa shape index (κ1) is 17.6. The molecule has 1 aromatic rings. The van der Waals surface area contributed by atoms with Crippen LogP contribution in [0.2, 0.25) is 0 Å². The Morgan fingerprint density at radius 2 is 1.62 bits per heavy atom. The normalized spacial score (nSPS) is 20.0. The molecule has 0 aromatic heterocycles. The Bertz CT molecular complexity index is 461. The summed E-state index contributed by atoms with van der Waals surface area (Å²) in [5.74, 6) is 1.83. The van der Waals surface area contributed by atoms with Gasteiger partial charge in [-0.3, -0.25) is 0 Å². The maximum atomic E-state index is 5.33. The molecule has 0 atom stereocenters. The van der Waals surface area contributed by atoms with Gasteiger partial charge in [0.25, 0.3) is 0 Å². The van der Waals surface area contributed by atoms with E-state index in [0.29, 0.717) is 0 Å². The van der Waals surface area contributed by atoms with Crippen molar-refractivity contribution in [2.24, 2.45) is 5.92 Å². The molecule has 0 amide bonds. The second-order valence-electron chi connectivity index (χ2n) is 7.55. The topological polar surface area (TPSA) is 15.7 Å². The SMILES string of the molecule is COc1ccc(N(CCN2CCCCC2)CC2CCCCC2)cc1. The zero-order valence-electron chi connectivity index (χ0n) is 15.4. The molecule has 1 aromatic carbocycles. The van der Waals surface area contributed by atoms with Crippen LogP contribution in [-0.2, 0) is 0 Å². The minimum Gasteiger partial charge on any atom is -0.497 e. The van der Waals surface area contributed by atoms with Gasteiger partial charge in [0.1, 0.15) is 5.75 Å². The van der Waals surface area contributed by atoms with Gasteiger partial charge in [0.2, 0.25) is 0 Å². The summed E-state index contributed by atoms with van der Waals surface area (Å²) in [5, 5.41) is 0. The lowest BCUT2D eigenvalue weighted by Crippen LogP contribution is -2.40. The number of piperidine rings is 1. The molecular weight excluding hydrogens is 296 g/mol. The van der Waals surface area contributed by atoms with Crippen molar-refractivity contribution in [3.63, 3.8) is 0 Å². The van der Waals surface area contributed by atoms with Crippen LogP contribution in [0.5, 0.6) is 5.75 Å². The van der Waals surface area contributed by atoms with Crippen LogP contribution in [0.3, 0.4) is 0 Å². The van der Waals surface area contributed by atoms with E-state index in [1.807, 2.05) is 0 Å². The summed E-state index contributed by atoms with van der Waals surface area (Å²) in [6.07, 6.45) is 11.3. The van der Waals surface area contributed by atoms with E-state index in [2.05, 4.69) is 34.1 Å². The summed E-state index contributed by atoms with van der Waals surface area (Å²) in [4.78, 5) is 5.28. The van der Waals surface area contributed by atoms with E-state index < -0.39 is 0 Å². The van der Waals surface area contributed by atoms with Crippen molar-refractivity contribution < 1.29 is 4.74 Å². The van der Waals surface area contributed by atoms with Crippen LogP contribution in [0, 0.1) is 5.92 Å². The number of anilines is 1. The Morgan fingerprint density at radius 1 is 0.958 bits per heavy atom. The fourth-order valence-electron chi connectivity index (χ4n) is 4.25. The monoisotopic (exact) mass is 330 g/mol. The summed E-state index contributed by atoms with van der Waals surface area (Å²) in [7, 11) is 1.74. The number of hydrogen-bond acceptors (Lipinski definition) is 3. The standard InChI is InChI=1S/C21H34N2O/c1-24-21-12-10-20(11-13-21)23(18-19-8-4-2-5-9-19)17-16-22-14-6-3-7-15-22/h10-13,19H,2-9,14-18H2,1H3. The zero-order valence-corrected chi connectivity index (χ0v) is 15.4. The molecule has 3 heteroatoms. The molecule has 1 saturated carbocycles. The Kier molecular flexibility index (Phi) is 6.83. The van der Waals surface area contributed by atoms with Gasteiger partial charge in [0.15, 0.2) is 0 Å². The minimum atomic E-state index is 0.877. The van der Waals surface area contributed by atoms with Gasteiger partial charge in [0.05, 0.1) is 7.11 Å². The molecule has 1 heterocycles. The molecule has 0 unspecified atom stereocenters. The van der Waals surface area contributed by atoms with Crippen LogP contribution in [0.4, 0.5) is 5.69 Å². The van der Waals surface area contributed by atoms with Crippen molar-refractivity contribution in [1.82, 2.24) is 4.90 Å². The first-order valence-corrected chi connectivity index (χ1v) is 9.96. The number of methoxy groups -OCH3 is 1. The molecule has 0 N–H and O–H groups in total. The summed E-state index contributed by atoms with van der Waals surface area (Å²) in [6.45, 7) is 6.17. The second-order valence-corrected chi connectivity index (χ2v) is 7.55. The molecule has 3 nitrogen and oxygen atoms in total. The third-order valence-corrected chi connectivity index (χ3v) is 5.78. The van der Waals surface area contributed by atoms with Gasteiger partial charge in [-0.05, 0) is 69.0 Å². The highest BCUT2D eigenvalue weighted by molar-refractivity contribution is 5.49. The lowest BCUT2D eigenvalue weighted by Gasteiger charge is -2.34. The molecule has 1 aliphatic carbocycles. The lowest BCUT2D eigenvalue weighted by molar-refractivity contribution is 0.231. The summed E-state index contributed by atoms with van der Waals surface area (Å²) in [5.41, 5.74) is 1.36. The Balaban J connectivity index is 1.61. The van der Waals surface area contributed by atoms with Crippen LogP contribution >= 0.6 is 0 Å². The molecule has 0 spiro atoms. The summed E-state index contributed by atoms with van der Waals surface area (Å²) < 4.78 is 5.33. The van der Waals surface area contributed by atoms with Gasteiger partial charge in [0, 0.05) is 25.3 Å². The van der Waals surface area contributed by atoms with Gasteiger partial charge in [-0.1, -0.05) is 25.7 Å². The van der Waals surface area contributed by atoms with E-state index in [-0.39, 0.29) is 0 Å². The van der Waals surface area contributed by atoms with Crippen molar-refractivity contribution in [3.05, 3.63) is 24.3 Å². The van der Waals surface area contributed by atoms with E-state index >= 15 is 0 Å². The van der Waals surface area contributed by atoms with E-state index in [9.17, 15) is 0 Å². The van der Waals surface area contributed by atoms with E-state index in [1.54, 1.807) is 7.11 Å². The molecule has 2 fully saturated rings. The molecule has 3 rings (SSSR count). The van der Waals surface area contributed by atoms with Crippen LogP contribution in [-0.4, -0.2) is 44.7 Å². The molecule has 134 valence electrons. The van der Waals surface area contributed by atoms with Gasteiger partial charge >= 0.3 is 0 Å². The number of likely N-dealkylation sites (tertiary alicyclic amines) is 1. The van der Waals surface area contributed by atoms with Crippen molar-refractivity contribution in [3.8, 4) is 5.75 Å². The molecule has 1 saturated heterocycles. The zero-order chi connectivity index (χ0) is 16.6. The first-order chi connectivity index (χ1) is 11.8. The van der Waals surface area contributed by atoms with Gasteiger partial charge < -0.3 is 14.5 Å². The average Bonchev–Trinajstić information content (AvgIpc) is 2.67. The Hall–Kier alpha value is -1.22. The van der Waals surface area contributed by atoms with Crippen molar-refractivity contribution in [1.29, 1.82) is 0 Å². The highest BCUT2D eigenvalue weighted by Crippen LogP contribution is 2.27. The Labute approximate surface area is 148 Å². The fraction of sp³-hybridized carbons (Fsp3) is 0.714. The highest BCUT2D eigenvalue weighted by atomic mass is 16.5. The maximum Gasteiger partial charge on any atom is 0.119 e.